The van der Waals surface area contributed by atoms with Crippen LogP contribution in [0.3, 0.4) is 0 Å². The molecule has 2 nitrogen and oxygen atoms in total. The second-order valence-electron chi connectivity index (χ2n) is 4.22. The SMILES string of the molecule is N#CC(C(=O)c1ccc(I)c(Cl)c1)c1ccc(Cl)cc1Cl. The lowest BCUT2D eigenvalue weighted by Gasteiger charge is -2.11. The Labute approximate surface area is 150 Å². The zero-order valence-corrected chi connectivity index (χ0v) is 14.8. The molecule has 1 unspecified atom stereocenters. The lowest BCUT2D eigenvalue weighted by molar-refractivity contribution is 0.0979. The van der Waals surface area contributed by atoms with Gasteiger partial charge in [0.05, 0.1) is 11.1 Å². The van der Waals surface area contributed by atoms with Gasteiger partial charge in [-0.05, 0) is 52.4 Å². The summed E-state index contributed by atoms with van der Waals surface area (Å²) in [4.78, 5) is 12.5. The van der Waals surface area contributed by atoms with Gasteiger partial charge in [-0.15, -0.1) is 0 Å². The molecule has 0 aliphatic rings. The average molecular weight is 450 g/mol. The minimum atomic E-state index is -0.995. The van der Waals surface area contributed by atoms with Crippen LogP contribution < -0.4 is 0 Å². The van der Waals surface area contributed by atoms with E-state index in [1.54, 1.807) is 30.3 Å². The number of ketones is 1. The Balaban J connectivity index is 2.43. The molecule has 1 atom stereocenters. The fourth-order valence-electron chi connectivity index (χ4n) is 1.82. The minimum absolute atomic E-state index is 0.291. The minimum Gasteiger partial charge on any atom is -0.292 e. The molecule has 21 heavy (non-hydrogen) atoms. The Morgan fingerprint density at radius 1 is 1.10 bits per heavy atom. The van der Waals surface area contributed by atoms with E-state index in [9.17, 15) is 10.1 Å². The first kappa shape index (κ1) is 16.6. The Morgan fingerprint density at radius 2 is 1.81 bits per heavy atom. The Morgan fingerprint density at radius 3 is 2.38 bits per heavy atom. The third-order valence-electron chi connectivity index (χ3n) is 2.87. The van der Waals surface area contributed by atoms with E-state index in [2.05, 4.69) is 22.6 Å². The lowest BCUT2D eigenvalue weighted by Crippen LogP contribution is -2.12. The van der Waals surface area contributed by atoms with Crippen LogP contribution in [0.4, 0.5) is 0 Å². The van der Waals surface area contributed by atoms with Gasteiger partial charge in [0.25, 0.3) is 0 Å². The highest BCUT2D eigenvalue weighted by Gasteiger charge is 2.24. The summed E-state index contributed by atoms with van der Waals surface area (Å²) in [7, 11) is 0. The van der Waals surface area contributed by atoms with Crippen LogP contribution in [0.25, 0.3) is 0 Å². The summed E-state index contributed by atoms with van der Waals surface area (Å²) < 4.78 is 0.837. The number of nitrogens with zero attached hydrogens (tertiary/aromatic N) is 1. The number of carbonyl (C=O) groups excluding carboxylic acids is 1. The van der Waals surface area contributed by atoms with Gasteiger partial charge < -0.3 is 0 Å². The van der Waals surface area contributed by atoms with Crippen molar-refractivity contribution in [2.24, 2.45) is 0 Å². The number of halogens is 4. The number of carbonyl (C=O) groups is 1. The molecular formula is C15H7Cl3INO. The van der Waals surface area contributed by atoms with Gasteiger partial charge in [0, 0.05) is 19.2 Å². The van der Waals surface area contributed by atoms with Gasteiger partial charge in [0.1, 0.15) is 5.92 Å². The van der Waals surface area contributed by atoms with Gasteiger partial charge in [-0.25, -0.2) is 0 Å². The van der Waals surface area contributed by atoms with Gasteiger partial charge in [-0.3, -0.25) is 4.79 Å². The summed E-state index contributed by atoms with van der Waals surface area (Å²) in [6.45, 7) is 0. The first-order valence-corrected chi connectivity index (χ1v) is 7.99. The second kappa shape index (κ2) is 6.97. The van der Waals surface area contributed by atoms with Crippen LogP contribution in [0, 0.1) is 14.9 Å². The Hall–Kier alpha value is -0.800. The maximum absolute atomic E-state index is 12.5. The average Bonchev–Trinajstić information content (AvgIpc) is 2.44. The van der Waals surface area contributed by atoms with E-state index in [-0.39, 0.29) is 5.78 Å². The fourth-order valence-corrected chi connectivity index (χ4v) is 2.85. The predicted octanol–water partition coefficient (Wildman–Crippen LogP) is 5.74. The molecule has 0 aliphatic carbocycles. The van der Waals surface area contributed by atoms with E-state index in [1.165, 1.54) is 6.07 Å². The van der Waals surface area contributed by atoms with Crippen molar-refractivity contribution in [3.05, 3.63) is 66.2 Å². The van der Waals surface area contributed by atoms with Crippen LogP contribution in [0.1, 0.15) is 21.8 Å². The van der Waals surface area contributed by atoms with Crippen molar-refractivity contribution < 1.29 is 4.79 Å². The monoisotopic (exact) mass is 449 g/mol. The number of hydrogen-bond acceptors (Lipinski definition) is 2. The maximum atomic E-state index is 12.5. The van der Waals surface area contributed by atoms with Crippen LogP contribution in [0.5, 0.6) is 0 Å². The largest absolute Gasteiger partial charge is 0.292 e. The van der Waals surface area contributed by atoms with E-state index in [0.29, 0.717) is 26.2 Å². The zero-order valence-electron chi connectivity index (χ0n) is 10.4. The van der Waals surface area contributed by atoms with Gasteiger partial charge in [-0.1, -0.05) is 46.9 Å². The summed E-state index contributed by atoms with van der Waals surface area (Å²) in [5.74, 6) is -1.34. The molecule has 2 aromatic carbocycles. The third kappa shape index (κ3) is 3.70. The molecule has 0 amide bonds. The standard InChI is InChI=1S/C15H7Cl3INO/c16-9-2-3-10(12(17)6-9)11(7-20)15(21)8-1-4-14(19)13(18)5-8/h1-6,11H. The van der Waals surface area contributed by atoms with Crippen molar-refractivity contribution in [3.63, 3.8) is 0 Å². The number of Topliss-reactive ketones (excluding diaryl/α,β-unsaturated/α-hetero) is 1. The topological polar surface area (TPSA) is 40.9 Å². The van der Waals surface area contributed by atoms with E-state index in [1.807, 2.05) is 6.07 Å². The summed E-state index contributed by atoms with van der Waals surface area (Å²) >= 11 is 20.0. The van der Waals surface area contributed by atoms with Crippen molar-refractivity contribution in [1.82, 2.24) is 0 Å². The van der Waals surface area contributed by atoms with E-state index >= 15 is 0 Å². The highest BCUT2D eigenvalue weighted by molar-refractivity contribution is 14.1. The van der Waals surface area contributed by atoms with E-state index in [4.69, 9.17) is 34.8 Å². The van der Waals surface area contributed by atoms with Crippen LogP contribution in [-0.2, 0) is 0 Å². The first-order valence-electron chi connectivity index (χ1n) is 5.78. The number of benzene rings is 2. The molecule has 106 valence electrons. The van der Waals surface area contributed by atoms with Crippen LogP contribution in [-0.4, -0.2) is 5.78 Å². The Kier molecular flexibility index (Phi) is 5.50. The molecule has 0 saturated carbocycles. The summed E-state index contributed by atoms with van der Waals surface area (Å²) in [5, 5.41) is 10.5. The van der Waals surface area contributed by atoms with Crippen molar-refractivity contribution in [3.8, 4) is 6.07 Å². The highest BCUT2D eigenvalue weighted by atomic mass is 127. The normalized spacial score (nSPS) is 11.8. The molecule has 0 N–H and O–H groups in total. The molecule has 0 aliphatic heterocycles. The summed E-state index contributed by atoms with van der Waals surface area (Å²) in [5.41, 5.74) is 0.807. The molecule has 2 aromatic rings. The fraction of sp³-hybridized carbons (Fsp3) is 0.0667. The maximum Gasteiger partial charge on any atom is 0.184 e. The molecule has 0 spiro atoms. The van der Waals surface area contributed by atoms with Crippen molar-refractivity contribution in [2.45, 2.75) is 5.92 Å². The van der Waals surface area contributed by atoms with Crippen LogP contribution in [0.2, 0.25) is 15.1 Å². The number of nitriles is 1. The number of rotatable bonds is 3. The van der Waals surface area contributed by atoms with Crippen LogP contribution in [0.15, 0.2) is 36.4 Å². The van der Waals surface area contributed by atoms with Crippen molar-refractivity contribution in [2.75, 3.05) is 0 Å². The molecule has 2 rings (SSSR count). The quantitative estimate of drug-likeness (QED) is 0.442. The van der Waals surface area contributed by atoms with Crippen molar-refractivity contribution in [1.29, 1.82) is 5.26 Å². The summed E-state index contributed by atoms with van der Waals surface area (Å²) in [6, 6.07) is 11.6. The second-order valence-corrected chi connectivity index (χ2v) is 6.63. The van der Waals surface area contributed by atoms with Crippen LogP contribution >= 0.6 is 57.4 Å². The van der Waals surface area contributed by atoms with E-state index < -0.39 is 5.92 Å². The Bertz CT molecular complexity index is 755. The smallest absolute Gasteiger partial charge is 0.184 e. The number of hydrogen-bond donors (Lipinski definition) is 0. The molecule has 0 fully saturated rings. The molecule has 0 radical (unpaired) electrons. The molecule has 6 heteroatoms. The van der Waals surface area contributed by atoms with Gasteiger partial charge in [-0.2, -0.15) is 5.26 Å². The molecular weight excluding hydrogens is 443 g/mol. The highest BCUT2D eigenvalue weighted by Crippen LogP contribution is 2.30. The summed E-state index contributed by atoms with van der Waals surface area (Å²) in [6.07, 6.45) is 0. The lowest BCUT2D eigenvalue weighted by atomic mass is 9.92. The predicted molar refractivity (Wildman–Crippen MR) is 93.3 cm³/mol. The zero-order chi connectivity index (χ0) is 15.6. The first-order chi connectivity index (χ1) is 9.93. The van der Waals surface area contributed by atoms with Gasteiger partial charge >= 0.3 is 0 Å². The van der Waals surface area contributed by atoms with E-state index in [0.717, 1.165) is 3.57 Å². The molecule has 0 aromatic heterocycles. The van der Waals surface area contributed by atoms with Gasteiger partial charge in [0.2, 0.25) is 0 Å². The third-order valence-corrected chi connectivity index (χ3v) is 5.00. The molecule has 0 heterocycles. The molecule has 0 saturated heterocycles. The van der Waals surface area contributed by atoms with Gasteiger partial charge in [0.15, 0.2) is 5.78 Å². The molecule has 0 bridgehead atoms. The van der Waals surface area contributed by atoms with Crippen molar-refractivity contribution >= 4 is 63.2 Å².